The zero-order valence-electron chi connectivity index (χ0n) is 19.5. The second kappa shape index (κ2) is 9.67. The molecule has 0 atom stereocenters. The number of hydrogen-bond donors (Lipinski definition) is 1. The number of thiazole rings is 1. The van der Waals surface area contributed by atoms with Crippen molar-refractivity contribution >= 4 is 33.8 Å². The molecule has 3 aromatic heterocycles. The second-order valence-electron chi connectivity index (χ2n) is 8.36. The van der Waals surface area contributed by atoms with Crippen molar-refractivity contribution in [3.63, 3.8) is 0 Å². The maximum Gasteiger partial charge on any atom is 0.268 e. The zero-order valence-corrected chi connectivity index (χ0v) is 21.0. The quantitative estimate of drug-likeness (QED) is 0.345. The van der Waals surface area contributed by atoms with Crippen LogP contribution in [0.1, 0.15) is 22.6 Å². The van der Waals surface area contributed by atoms with Gasteiger partial charge < -0.3 is 5.32 Å². The van der Waals surface area contributed by atoms with Gasteiger partial charge in [0.2, 0.25) is 5.91 Å². The molecule has 0 saturated heterocycles. The maximum atomic E-state index is 13.6. The summed E-state index contributed by atoms with van der Waals surface area (Å²) in [5, 5.41) is 9.83. The van der Waals surface area contributed by atoms with Gasteiger partial charge in [-0.2, -0.15) is 5.10 Å². The van der Waals surface area contributed by atoms with Crippen LogP contribution < -0.4 is 10.9 Å². The summed E-state index contributed by atoms with van der Waals surface area (Å²) in [4.78, 5) is 31.4. The maximum absolute atomic E-state index is 13.6. The van der Waals surface area contributed by atoms with Crippen molar-refractivity contribution in [3.8, 4) is 16.9 Å². The molecular formula is C26H21ClFN5O2S. The molecule has 10 heteroatoms. The van der Waals surface area contributed by atoms with Crippen LogP contribution in [0.15, 0.2) is 64.8 Å². The fraction of sp³-hybridized carbons (Fsp3) is 0.154. The van der Waals surface area contributed by atoms with Crippen molar-refractivity contribution in [1.29, 1.82) is 0 Å². The minimum atomic E-state index is -0.333. The minimum absolute atomic E-state index is 0.00125. The molecule has 3 heterocycles. The van der Waals surface area contributed by atoms with Crippen LogP contribution in [0.25, 0.3) is 21.9 Å². The van der Waals surface area contributed by atoms with Crippen LogP contribution in [0.3, 0.4) is 0 Å². The Kier molecular flexibility index (Phi) is 6.42. The molecule has 1 N–H and O–H groups in total. The standard InChI is InChI=1S/C26H21ClFN5O2S/c1-15-10-22(31-33(15)20-5-3-4-18(27)11-20)24-16(2)30-26-32(25(24)35)21(14-36-26)12-23(34)29-13-17-6-8-19(28)9-7-17/h3-11,14H,12-13H2,1-2H3,(H,29,34). The highest BCUT2D eigenvalue weighted by molar-refractivity contribution is 7.15. The molecule has 182 valence electrons. The van der Waals surface area contributed by atoms with E-state index in [1.54, 1.807) is 41.3 Å². The van der Waals surface area contributed by atoms with Crippen LogP contribution in [0.2, 0.25) is 5.02 Å². The van der Waals surface area contributed by atoms with E-state index in [0.29, 0.717) is 32.6 Å². The lowest BCUT2D eigenvalue weighted by molar-refractivity contribution is -0.120. The third-order valence-electron chi connectivity index (χ3n) is 5.76. The highest BCUT2D eigenvalue weighted by Crippen LogP contribution is 2.24. The molecule has 7 nitrogen and oxygen atoms in total. The molecule has 0 aliphatic rings. The SMILES string of the molecule is Cc1nc2scc(CC(=O)NCc3ccc(F)cc3)n2c(=O)c1-c1cc(C)n(-c2cccc(Cl)c2)n1. The van der Waals surface area contributed by atoms with E-state index in [2.05, 4.69) is 15.4 Å². The molecule has 0 fully saturated rings. The summed E-state index contributed by atoms with van der Waals surface area (Å²) >= 11 is 7.45. The van der Waals surface area contributed by atoms with Crippen molar-refractivity contribution in [1.82, 2.24) is 24.5 Å². The number of benzene rings is 2. The van der Waals surface area contributed by atoms with Crippen molar-refractivity contribution in [2.24, 2.45) is 0 Å². The van der Waals surface area contributed by atoms with Crippen molar-refractivity contribution in [2.45, 2.75) is 26.8 Å². The lowest BCUT2D eigenvalue weighted by Gasteiger charge is -2.07. The van der Waals surface area contributed by atoms with Crippen LogP contribution in [0.5, 0.6) is 0 Å². The third-order valence-corrected chi connectivity index (χ3v) is 6.87. The minimum Gasteiger partial charge on any atom is -0.352 e. The number of nitrogens with zero attached hydrogens (tertiary/aromatic N) is 4. The number of carbonyl (C=O) groups excluding carboxylic acids is 1. The van der Waals surface area contributed by atoms with Gasteiger partial charge in [0, 0.05) is 28.3 Å². The summed E-state index contributed by atoms with van der Waals surface area (Å²) in [7, 11) is 0. The number of halogens is 2. The fourth-order valence-corrected chi connectivity index (χ4v) is 5.13. The first-order chi connectivity index (χ1) is 17.3. The predicted molar refractivity (Wildman–Crippen MR) is 138 cm³/mol. The van der Waals surface area contributed by atoms with E-state index < -0.39 is 0 Å². The van der Waals surface area contributed by atoms with E-state index >= 15 is 0 Å². The summed E-state index contributed by atoms with van der Waals surface area (Å²) in [6, 6.07) is 15.1. The Balaban J connectivity index is 1.46. The molecule has 0 bridgehead atoms. The average molecular weight is 522 g/mol. The summed E-state index contributed by atoms with van der Waals surface area (Å²) in [6.45, 7) is 3.94. The Labute approximate surface area is 214 Å². The van der Waals surface area contributed by atoms with Gasteiger partial charge in [0.15, 0.2) is 4.96 Å². The Hall–Kier alpha value is -3.82. The second-order valence-corrected chi connectivity index (χ2v) is 9.64. The van der Waals surface area contributed by atoms with Gasteiger partial charge in [0.25, 0.3) is 5.56 Å². The monoisotopic (exact) mass is 521 g/mol. The van der Waals surface area contributed by atoms with Crippen LogP contribution in [0, 0.1) is 19.7 Å². The molecule has 0 radical (unpaired) electrons. The molecule has 0 aliphatic heterocycles. The highest BCUT2D eigenvalue weighted by Gasteiger charge is 2.20. The van der Waals surface area contributed by atoms with Gasteiger partial charge in [-0.05, 0) is 55.8 Å². The van der Waals surface area contributed by atoms with E-state index in [1.807, 2.05) is 25.1 Å². The third kappa shape index (κ3) is 4.67. The smallest absolute Gasteiger partial charge is 0.268 e. The average Bonchev–Trinajstić information content (AvgIpc) is 3.42. The first-order valence-electron chi connectivity index (χ1n) is 11.1. The van der Waals surface area contributed by atoms with Gasteiger partial charge in [-0.3, -0.25) is 14.0 Å². The molecule has 5 rings (SSSR count). The lowest BCUT2D eigenvalue weighted by atomic mass is 10.1. The topological polar surface area (TPSA) is 81.3 Å². The van der Waals surface area contributed by atoms with E-state index in [0.717, 1.165) is 16.9 Å². The number of hydrogen-bond acceptors (Lipinski definition) is 5. The van der Waals surface area contributed by atoms with Crippen LogP contribution in [0.4, 0.5) is 4.39 Å². The van der Waals surface area contributed by atoms with Gasteiger partial charge in [-0.15, -0.1) is 11.3 Å². The molecule has 5 aromatic rings. The van der Waals surface area contributed by atoms with Crippen molar-refractivity contribution in [3.05, 3.63) is 104 Å². The number of nitrogens with one attached hydrogen (secondary N) is 1. The molecule has 36 heavy (non-hydrogen) atoms. The molecule has 0 saturated carbocycles. The Morgan fingerprint density at radius 1 is 1.14 bits per heavy atom. The first kappa shape index (κ1) is 23.9. The highest BCUT2D eigenvalue weighted by atomic mass is 35.5. The van der Waals surface area contributed by atoms with E-state index in [9.17, 15) is 14.0 Å². The van der Waals surface area contributed by atoms with E-state index in [-0.39, 0.29) is 30.2 Å². The van der Waals surface area contributed by atoms with Gasteiger partial charge in [0.1, 0.15) is 11.5 Å². The molecule has 0 spiro atoms. The first-order valence-corrected chi connectivity index (χ1v) is 12.4. The lowest BCUT2D eigenvalue weighted by Crippen LogP contribution is -2.27. The number of aryl methyl sites for hydroxylation is 2. The predicted octanol–water partition coefficient (Wildman–Crippen LogP) is 4.88. The Morgan fingerprint density at radius 3 is 2.67 bits per heavy atom. The van der Waals surface area contributed by atoms with E-state index in [4.69, 9.17) is 11.6 Å². The zero-order chi connectivity index (χ0) is 25.4. The van der Waals surface area contributed by atoms with Crippen LogP contribution in [-0.4, -0.2) is 25.1 Å². The Bertz CT molecular complexity index is 1660. The summed E-state index contributed by atoms with van der Waals surface area (Å²) in [6.07, 6.45) is 0.00125. The summed E-state index contributed by atoms with van der Waals surface area (Å²) in [5.74, 6) is -0.588. The van der Waals surface area contributed by atoms with Gasteiger partial charge in [-0.1, -0.05) is 29.8 Å². The number of aromatic nitrogens is 4. The van der Waals surface area contributed by atoms with Gasteiger partial charge in [-0.25, -0.2) is 14.1 Å². The fourth-order valence-electron chi connectivity index (χ4n) is 4.02. The number of fused-ring (bicyclic) bond motifs is 1. The molecule has 0 unspecified atom stereocenters. The van der Waals surface area contributed by atoms with E-state index in [1.165, 1.54) is 27.9 Å². The van der Waals surface area contributed by atoms with Crippen molar-refractivity contribution in [2.75, 3.05) is 0 Å². The van der Waals surface area contributed by atoms with Crippen LogP contribution >= 0.6 is 22.9 Å². The number of rotatable bonds is 6. The molecule has 1 amide bonds. The number of carbonyl (C=O) groups is 1. The largest absolute Gasteiger partial charge is 0.352 e. The normalized spacial score (nSPS) is 11.2. The summed E-state index contributed by atoms with van der Waals surface area (Å²) in [5.41, 5.74) is 4.09. The van der Waals surface area contributed by atoms with Gasteiger partial charge in [0.05, 0.1) is 23.4 Å². The number of amides is 1. The van der Waals surface area contributed by atoms with Crippen molar-refractivity contribution < 1.29 is 9.18 Å². The molecule has 2 aromatic carbocycles. The van der Waals surface area contributed by atoms with Gasteiger partial charge >= 0.3 is 0 Å². The Morgan fingerprint density at radius 2 is 1.92 bits per heavy atom. The summed E-state index contributed by atoms with van der Waals surface area (Å²) < 4.78 is 16.3. The molecule has 0 aliphatic carbocycles. The molecular weight excluding hydrogens is 501 g/mol. The van der Waals surface area contributed by atoms with Crippen LogP contribution in [-0.2, 0) is 17.8 Å².